The first-order valence-electron chi connectivity index (χ1n) is 2.81. The van der Waals surface area contributed by atoms with E-state index in [-0.39, 0.29) is 0 Å². The summed E-state index contributed by atoms with van der Waals surface area (Å²) in [6, 6.07) is 2.07. The minimum Gasteiger partial charge on any atom is -0.287 e. The Hall–Kier alpha value is -0.490. The summed E-state index contributed by atoms with van der Waals surface area (Å²) in [5.74, 6) is 1.69. The van der Waals surface area contributed by atoms with Crippen molar-refractivity contribution in [3.05, 3.63) is 0 Å². The fourth-order valence-electron chi connectivity index (χ4n) is 0.310. The number of nitriles is 1. The van der Waals surface area contributed by atoms with Crippen LogP contribution in [0.1, 0.15) is 13.3 Å². The highest BCUT2D eigenvalue weighted by Gasteiger charge is 1.82. The summed E-state index contributed by atoms with van der Waals surface area (Å²) in [5.41, 5.74) is 0. The van der Waals surface area contributed by atoms with E-state index in [1.165, 1.54) is 0 Å². The topological polar surface area (TPSA) is 36.1 Å². The zero-order valence-corrected chi connectivity index (χ0v) is 6.32. The molecule has 0 aliphatic heterocycles. The van der Waals surface area contributed by atoms with E-state index in [1.54, 1.807) is 18.0 Å². The normalized spacial score (nSPS) is 9.78. The van der Waals surface area contributed by atoms with E-state index in [0.717, 1.165) is 11.6 Å². The lowest BCUT2D eigenvalue weighted by Crippen LogP contribution is -1.77. The Morgan fingerprint density at radius 1 is 1.78 bits per heavy atom. The smallest absolute Gasteiger partial charge is 0.0840 e. The van der Waals surface area contributed by atoms with Crippen molar-refractivity contribution in [3.8, 4) is 6.07 Å². The van der Waals surface area contributed by atoms with Crippen molar-refractivity contribution < 1.29 is 0 Å². The Morgan fingerprint density at radius 2 is 2.56 bits per heavy atom. The van der Waals surface area contributed by atoms with Gasteiger partial charge >= 0.3 is 0 Å². The van der Waals surface area contributed by atoms with Gasteiger partial charge in [0.2, 0.25) is 0 Å². The van der Waals surface area contributed by atoms with Crippen LogP contribution in [0.2, 0.25) is 0 Å². The van der Waals surface area contributed by atoms with Crippen molar-refractivity contribution >= 4 is 18.0 Å². The van der Waals surface area contributed by atoms with Crippen LogP contribution in [0.3, 0.4) is 0 Å². The average Bonchev–Trinajstić information content (AvgIpc) is 1.89. The molecule has 0 aliphatic carbocycles. The second-order valence-corrected chi connectivity index (χ2v) is 2.46. The lowest BCUT2D eigenvalue weighted by Gasteiger charge is -1.88. The zero-order valence-electron chi connectivity index (χ0n) is 5.50. The minimum atomic E-state index is 0.629. The van der Waals surface area contributed by atoms with Crippen molar-refractivity contribution in [2.75, 3.05) is 11.6 Å². The molecule has 50 valence electrons. The fraction of sp³-hybridized carbons (Fsp3) is 0.667. The first kappa shape index (κ1) is 8.51. The Balaban J connectivity index is 2.85. The summed E-state index contributed by atoms with van der Waals surface area (Å²) in [6.07, 6.45) is 2.41. The largest absolute Gasteiger partial charge is 0.287 e. The van der Waals surface area contributed by atoms with Crippen molar-refractivity contribution in [2.24, 2.45) is 4.99 Å². The van der Waals surface area contributed by atoms with Crippen LogP contribution < -0.4 is 0 Å². The molecule has 0 aromatic rings. The molecule has 0 N–H and O–H groups in total. The third-order valence-corrected chi connectivity index (χ3v) is 1.53. The second kappa shape index (κ2) is 7.51. The predicted octanol–water partition coefficient (Wildman–Crippen LogP) is 1.68. The standard InChI is InChI=1S/C6H10N2S/c1-2-8-6-9-5-3-4-7/h2H,3,5-6H2,1H3. The number of nitrogens with zero attached hydrogens (tertiary/aromatic N) is 2. The van der Waals surface area contributed by atoms with Crippen molar-refractivity contribution in [2.45, 2.75) is 13.3 Å². The van der Waals surface area contributed by atoms with Crippen LogP contribution >= 0.6 is 11.8 Å². The van der Waals surface area contributed by atoms with E-state index in [4.69, 9.17) is 5.26 Å². The van der Waals surface area contributed by atoms with E-state index in [0.29, 0.717) is 6.42 Å². The predicted molar refractivity (Wildman–Crippen MR) is 41.7 cm³/mol. The summed E-state index contributed by atoms with van der Waals surface area (Å²) in [4.78, 5) is 3.97. The Labute approximate surface area is 60.0 Å². The van der Waals surface area contributed by atoms with Gasteiger partial charge in [0.25, 0.3) is 0 Å². The van der Waals surface area contributed by atoms with Gasteiger partial charge in [0.1, 0.15) is 0 Å². The van der Waals surface area contributed by atoms with Gasteiger partial charge in [-0.05, 0) is 13.1 Å². The van der Waals surface area contributed by atoms with Gasteiger partial charge in [-0.2, -0.15) is 5.26 Å². The van der Waals surface area contributed by atoms with Crippen LogP contribution in [-0.2, 0) is 0 Å². The van der Waals surface area contributed by atoms with Gasteiger partial charge < -0.3 is 0 Å². The molecule has 0 saturated heterocycles. The number of hydrogen-bond donors (Lipinski definition) is 0. The highest BCUT2D eigenvalue weighted by Crippen LogP contribution is 2.00. The molecule has 9 heavy (non-hydrogen) atoms. The highest BCUT2D eigenvalue weighted by molar-refractivity contribution is 7.99. The Bertz CT molecular complexity index is 115. The van der Waals surface area contributed by atoms with Crippen molar-refractivity contribution in [1.82, 2.24) is 0 Å². The minimum absolute atomic E-state index is 0.629. The first-order chi connectivity index (χ1) is 4.41. The molecule has 0 aromatic carbocycles. The molecule has 0 fully saturated rings. The Morgan fingerprint density at radius 3 is 3.11 bits per heavy atom. The van der Waals surface area contributed by atoms with E-state index in [1.807, 2.05) is 6.92 Å². The summed E-state index contributed by atoms with van der Waals surface area (Å²) >= 11 is 1.68. The molecule has 0 spiro atoms. The van der Waals surface area contributed by atoms with E-state index in [9.17, 15) is 0 Å². The highest BCUT2D eigenvalue weighted by atomic mass is 32.2. The van der Waals surface area contributed by atoms with Gasteiger partial charge in [-0.25, -0.2) is 0 Å². The quantitative estimate of drug-likeness (QED) is 0.442. The van der Waals surface area contributed by atoms with Gasteiger partial charge in [-0.3, -0.25) is 4.99 Å². The van der Waals surface area contributed by atoms with Crippen LogP contribution in [-0.4, -0.2) is 17.8 Å². The summed E-state index contributed by atoms with van der Waals surface area (Å²) in [7, 11) is 0. The molecule has 0 aromatic heterocycles. The lowest BCUT2D eigenvalue weighted by atomic mass is 10.6. The molecule has 0 unspecified atom stereocenters. The molecule has 0 atom stereocenters. The second-order valence-electron chi connectivity index (χ2n) is 1.39. The van der Waals surface area contributed by atoms with Crippen LogP contribution in [0.15, 0.2) is 4.99 Å². The number of rotatable bonds is 4. The average molecular weight is 142 g/mol. The van der Waals surface area contributed by atoms with E-state index >= 15 is 0 Å². The van der Waals surface area contributed by atoms with E-state index < -0.39 is 0 Å². The fourth-order valence-corrected chi connectivity index (χ4v) is 0.929. The monoisotopic (exact) mass is 142 g/mol. The summed E-state index contributed by atoms with van der Waals surface area (Å²) in [5, 5.41) is 8.12. The van der Waals surface area contributed by atoms with Crippen LogP contribution in [0.5, 0.6) is 0 Å². The molecule has 0 rings (SSSR count). The maximum absolute atomic E-state index is 8.12. The SMILES string of the molecule is CC=NCSCCC#N. The molecule has 0 amide bonds. The van der Waals surface area contributed by atoms with Crippen LogP contribution in [0, 0.1) is 11.3 Å². The lowest BCUT2D eigenvalue weighted by molar-refractivity contribution is 1.23. The van der Waals surface area contributed by atoms with Gasteiger partial charge in [-0.1, -0.05) is 0 Å². The Kier molecular flexibility index (Phi) is 7.10. The van der Waals surface area contributed by atoms with Gasteiger partial charge in [-0.15, -0.1) is 11.8 Å². The molecular weight excluding hydrogens is 132 g/mol. The molecule has 0 radical (unpaired) electrons. The van der Waals surface area contributed by atoms with Gasteiger partial charge in [0.05, 0.1) is 11.9 Å². The van der Waals surface area contributed by atoms with Crippen molar-refractivity contribution in [1.29, 1.82) is 5.26 Å². The first-order valence-corrected chi connectivity index (χ1v) is 3.96. The third kappa shape index (κ3) is 7.51. The number of aliphatic imine (C=N–C) groups is 1. The molecule has 0 bridgehead atoms. The number of thioether (sulfide) groups is 1. The molecule has 0 saturated carbocycles. The molecule has 0 heterocycles. The van der Waals surface area contributed by atoms with Gasteiger partial charge in [0.15, 0.2) is 0 Å². The third-order valence-electron chi connectivity index (χ3n) is 0.707. The van der Waals surface area contributed by atoms with Crippen LogP contribution in [0.25, 0.3) is 0 Å². The van der Waals surface area contributed by atoms with Crippen LogP contribution in [0.4, 0.5) is 0 Å². The van der Waals surface area contributed by atoms with Crippen molar-refractivity contribution in [3.63, 3.8) is 0 Å². The summed E-state index contributed by atoms with van der Waals surface area (Å²) in [6.45, 7) is 1.89. The number of hydrogen-bond acceptors (Lipinski definition) is 3. The van der Waals surface area contributed by atoms with E-state index in [2.05, 4.69) is 11.1 Å². The molecule has 3 heteroatoms. The zero-order chi connectivity index (χ0) is 6.95. The van der Waals surface area contributed by atoms with Gasteiger partial charge in [0, 0.05) is 12.2 Å². The maximum atomic E-state index is 8.12. The molecular formula is C6H10N2S. The molecule has 2 nitrogen and oxygen atoms in total. The maximum Gasteiger partial charge on any atom is 0.0840 e. The molecule has 0 aliphatic rings. The summed E-state index contributed by atoms with van der Waals surface area (Å²) < 4.78 is 0.